The van der Waals surface area contributed by atoms with Crippen LogP contribution < -0.4 is 5.32 Å². The Kier molecular flexibility index (Phi) is 5.63. The Morgan fingerprint density at radius 3 is 3.11 bits per heavy atom. The van der Waals surface area contributed by atoms with Crippen LogP contribution in [0.4, 0.5) is 0 Å². The first-order chi connectivity index (χ1) is 9.26. The monoisotopic (exact) mass is 281 g/mol. The number of pyridine rings is 1. The lowest BCUT2D eigenvalue weighted by Crippen LogP contribution is -2.38. The van der Waals surface area contributed by atoms with Crippen LogP contribution in [0.25, 0.3) is 0 Å². The molecular weight excluding hydrogens is 258 g/mol. The Labute approximate surface area is 120 Å². The minimum atomic E-state index is 0.0868. The Bertz CT molecular complexity index is 372. The molecule has 1 saturated heterocycles. The van der Waals surface area contributed by atoms with E-state index in [0.717, 1.165) is 13.1 Å². The second-order valence-electron chi connectivity index (χ2n) is 5.23. The van der Waals surface area contributed by atoms with Gasteiger partial charge in [0.05, 0.1) is 6.61 Å². The standard InChI is InChI=1S/C14H23N3OS/c1-17-6-4-12(8-16-13(9-18)10-19)14(17)11-3-2-5-15-7-11/h2-3,5,7,12-14,16,18-19H,4,6,8-10H2,1H3/t12?,13?,14-/m1/s1. The summed E-state index contributed by atoms with van der Waals surface area (Å²) in [5, 5.41) is 12.6. The first-order valence-electron chi connectivity index (χ1n) is 6.81. The fourth-order valence-corrected chi connectivity index (χ4v) is 3.07. The molecule has 0 aromatic carbocycles. The van der Waals surface area contributed by atoms with Crippen molar-refractivity contribution in [3.63, 3.8) is 0 Å². The molecule has 0 spiro atoms. The summed E-state index contributed by atoms with van der Waals surface area (Å²) in [6.45, 7) is 2.16. The molecule has 3 atom stereocenters. The number of hydrogen-bond donors (Lipinski definition) is 3. The van der Waals surface area contributed by atoms with Gasteiger partial charge < -0.3 is 10.4 Å². The molecule has 4 nitrogen and oxygen atoms in total. The summed E-state index contributed by atoms with van der Waals surface area (Å²) in [7, 11) is 2.17. The highest BCUT2D eigenvalue weighted by Gasteiger charge is 2.33. The highest BCUT2D eigenvalue weighted by molar-refractivity contribution is 7.80. The summed E-state index contributed by atoms with van der Waals surface area (Å²) in [6.07, 6.45) is 4.95. The molecule has 2 unspecified atom stereocenters. The van der Waals surface area contributed by atoms with E-state index in [2.05, 4.69) is 40.9 Å². The van der Waals surface area contributed by atoms with Gasteiger partial charge in [0.2, 0.25) is 0 Å². The average Bonchev–Trinajstić information content (AvgIpc) is 2.82. The second kappa shape index (κ2) is 7.24. The minimum Gasteiger partial charge on any atom is -0.395 e. The topological polar surface area (TPSA) is 48.4 Å². The van der Waals surface area contributed by atoms with Gasteiger partial charge in [-0.25, -0.2) is 0 Å². The van der Waals surface area contributed by atoms with Crippen LogP contribution in [0.5, 0.6) is 0 Å². The van der Waals surface area contributed by atoms with E-state index in [0.29, 0.717) is 17.7 Å². The zero-order valence-corrected chi connectivity index (χ0v) is 12.3. The molecule has 0 bridgehead atoms. The molecule has 106 valence electrons. The maximum Gasteiger partial charge on any atom is 0.0592 e. The number of nitrogens with one attached hydrogen (secondary N) is 1. The van der Waals surface area contributed by atoms with E-state index in [1.807, 2.05) is 18.5 Å². The second-order valence-corrected chi connectivity index (χ2v) is 5.60. The third-order valence-corrected chi connectivity index (χ3v) is 4.35. The van der Waals surface area contributed by atoms with E-state index in [1.165, 1.54) is 12.0 Å². The molecule has 2 heterocycles. The third-order valence-electron chi connectivity index (χ3n) is 3.91. The van der Waals surface area contributed by atoms with Crippen LogP contribution in [-0.2, 0) is 0 Å². The Balaban J connectivity index is 2.00. The van der Waals surface area contributed by atoms with Crippen LogP contribution in [0, 0.1) is 5.92 Å². The van der Waals surface area contributed by atoms with Gasteiger partial charge in [0.25, 0.3) is 0 Å². The molecular formula is C14H23N3OS. The molecule has 1 aliphatic rings. The predicted molar refractivity (Wildman–Crippen MR) is 80.4 cm³/mol. The number of rotatable bonds is 6. The number of likely N-dealkylation sites (tertiary alicyclic amines) is 1. The van der Waals surface area contributed by atoms with Crippen LogP contribution in [0.3, 0.4) is 0 Å². The maximum atomic E-state index is 9.20. The van der Waals surface area contributed by atoms with Gasteiger partial charge in [-0.15, -0.1) is 0 Å². The third kappa shape index (κ3) is 3.69. The summed E-state index contributed by atoms with van der Waals surface area (Å²) in [6, 6.07) is 4.65. The number of aromatic nitrogens is 1. The van der Waals surface area contributed by atoms with Crippen molar-refractivity contribution in [2.45, 2.75) is 18.5 Å². The van der Waals surface area contributed by atoms with Crippen molar-refractivity contribution in [1.29, 1.82) is 0 Å². The van der Waals surface area contributed by atoms with Crippen LogP contribution >= 0.6 is 12.6 Å². The maximum absolute atomic E-state index is 9.20. The van der Waals surface area contributed by atoms with E-state index >= 15 is 0 Å². The normalized spacial score (nSPS) is 25.6. The molecule has 2 rings (SSSR count). The molecule has 0 radical (unpaired) electrons. The molecule has 0 saturated carbocycles. The molecule has 19 heavy (non-hydrogen) atoms. The fraction of sp³-hybridized carbons (Fsp3) is 0.643. The van der Waals surface area contributed by atoms with Gasteiger partial charge in [-0.1, -0.05) is 6.07 Å². The van der Waals surface area contributed by atoms with Gasteiger partial charge >= 0.3 is 0 Å². The Morgan fingerprint density at radius 1 is 1.63 bits per heavy atom. The molecule has 2 N–H and O–H groups in total. The van der Waals surface area contributed by atoms with Gasteiger partial charge in [0.15, 0.2) is 0 Å². The van der Waals surface area contributed by atoms with Gasteiger partial charge in [0, 0.05) is 36.8 Å². The number of aliphatic hydroxyl groups is 1. The molecule has 1 fully saturated rings. The van der Waals surface area contributed by atoms with Crippen LogP contribution in [-0.4, -0.2) is 53.5 Å². The molecule has 1 aromatic heterocycles. The van der Waals surface area contributed by atoms with Crippen molar-refractivity contribution in [3.8, 4) is 0 Å². The van der Waals surface area contributed by atoms with Gasteiger partial charge in [0.1, 0.15) is 0 Å². The van der Waals surface area contributed by atoms with Crippen molar-refractivity contribution in [1.82, 2.24) is 15.2 Å². The Hall–Kier alpha value is -0.620. The molecule has 1 aromatic rings. The quantitative estimate of drug-likeness (QED) is 0.680. The van der Waals surface area contributed by atoms with Gasteiger partial charge in [-0.2, -0.15) is 12.6 Å². The lowest BCUT2D eigenvalue weighted by Gasteiger charge is -2.26. The minimum absolute atomic E-state index is 0.0868. The summed E-state index contributed by atoms with van der Waals surface area (Å²) in [4.78, 5) is 6.61. The number of thiol groups is 1. The van der Waals surface area contributed by atoms with Crippen molar-refractivity contribution < 1.29 is 5.11 Å². The zero-order chi connectivity index (χ0) is 13.7. The lowest BCUT2D eigenvalue weighted by molar-refractivity contribution is 0.233. The first kappa shape index (κ1) is 14.8. The number of hydrogen-bond acceptors (Lipinski definition) is 5. The van der Waals surface area contributed by atoms with E-state index in [4.69, 9.17) is 0 Å². The highest BCUT2D eigenvalue weighted by Crippen LogP contribution is 2.35. The highest BCUT2D eigenvalue weighted by atomic mass is 32.1. The van der Waals surface area contributed by atoms with Crippen molar-refractivity contribution in [2.24, 2.45) is 5.92 Å². The summed E-state index contributed by atoms with van der Waals surface area (Å²) >= 11 is 4.24. The molecule has 5 heteroatoms. The number of aliphatic hydroxyl groups excluding tert-OH is 1. The SMILES string of the molecule is CN1CCC(CNC(CO)CS)[C@H]1c1cccnc1. The van der Waals surface area contributed by atoms with Gasteiger partial charge in [-0.05, 0) is 37.6 Å². The first-order valence-corrected chi connectivity index (χ1v) is 7.44. The lowest BCUT2D eigenvalue weighted by atomic mass is 9.94. The van der Waals surface area contributed by atoms with Crippen LogP contribution in [0.2, 0.25) is 0 Å². The van der Waals surface area contributed by atoms with E-state index in [9.17, 15) is 5.11 Å². The predicted octanol–water partition coefficient (Wildman–Crippen LogP) is 0.955. The van der Waals surface area contributed by atoms with E-state index in [-0.39, 0.29) is 12.6 Å². The fourth-order valence-electron chi connectivity index (χ4n) is 2.82. The van der Waals surface area contributed by atoms with E-state index in [1.54, 1.807) is 0 Å². The number of nitrogens with zero attached hydrogens (tertiary/aromatic N) is 2. The molecule has 0 aliphatic carbocycles. The van der Waals surface area contributed by atoms with Crippen LogP contribution in [0.15, 0.2) is 24.5 Å². The largest absolute Gasteiger partial charge is 0.395 e. The average molecular weight is 281 g/mol. The molecule has 1 aliphatic heterocycles. The summed E-state index contributed by atoms with van der Waals surface area (Å²) in [5.41, 5.74) is 1.28. The van der Waals surface area contributed by atoms with Gasteiger partial charge in [-0.3, -0.25) is 9.88 Å². The van der Waals surface area contributed by atoms with Crippen molar-refractivity contribution in [3.05, 3.63) is 30.1 Å². The summed E-state index contributed by atoms with van der Waals surface area (Å²) < 4.78 is 0. The molecule has 0 amide bonds. The van der Waals surface area contributed by atoms with Crippen molar-refractivity contribution >= 4 is 12.6 Å². The van der Waals surface area contributed by atoms with Crippen LogP contribution in [0.1, 0.15) is 18.0 Å². The Morgan fingerprint density at radius 2 is 2.47 bits per heavy atom. The van der Waals surface area contributed by atoms with Crippen molar-refractivity contribution in [2.75, 3.05) is 32.5 Å². The van der Waals surface area contributed by atoms with E-state index < -0.39 is 0 Å². The zero-order valence-electron chi connectivity index (χ0n) is 11.4. The summed E-state index contributed by atoms with van der Waals surface area (Å²) in [5.74, 6) is 1.22. The smallest absolute Gasteiger partial charge is 0.0592 e.